The molecule has 0 amide bonds. The maximum absolute atomic E-state index is 5.70. The summed E-state index contributed by atoms with van der Waals surface area (Å²) in [5, 5.41) is 3.55. The van der Waals surface area contributed by atoms with Gasteiger partial charge in [0.15, 0.2) is 0 Å². The Morgan fingerprint density at radius 2 is 1.74 bits per heavy atom. The predicted molar refractivity (Wildman–Crippen MR) is 114 cm³/mol. The summed E-state index contributed by atoms with van der Waals surface area (Å²) in [5.74, 6) is 2.04. The van der Waals surface area contributed by atoms with Gasteiger partial charge in [0.25, 0.3) is 0 Å². The second-order valence-corrected chi connectivity index (χ2v) is 7.19. The number of hydrogen-bond acceptors (Lipinski definition) is 5. The molecule has 1 saturated heterocycles. The van der Waals surface area contributed by atoms with Crippen molar-refractivity contribution in [1.82, 2.24) is 15.2 Å². The number of hydrogen-bond donors (Lipinski definition) is 1. The number of benzene rings is 1. The van der Waals surface area contributed by atoms with Crippen LogP contribution in [0.2, 0.25) is 0 Å². The second-order valence-electron chi connectivity index (χ2n) is 7.19. The molecule has 148 valence electrons. The Morgan fingerprint density at radius 3 is 2.41 bits per heavy atom. The highest BCUT2D eigenvalue weighted by Crippen LogP contribution is 2.19. The van der Waals surface area contributed by atoms with Crippen molar-refractivity contribution in [2.45, 2.75) is 33.0 Å². The molecule has 6 heteroatoms. The summed E-state index contributed by atoms with van der Waals surface area (Å²) < 4.78 is 5.70. The van der Waals surface area contributed by atoms with Gasteiger partial charge >= 0.3 is 0 Å². The van der Waals surface area contributed by atoms with Gasteiger partial charge in [-0.2, -0.15) is 0 Å². The van der Waals surface area contributed by atoms with Crippen molar-refractivity contribution in [2.75, 3.05) is 38.1 Å². The first-order valence-electron chi connectivity index (χ1n) is 9.45. The van der Waals surface area contributed by atoms with Crippen molar-refractivity contribution >= 4 is 18.2 Å². The van der Waals surface area contributed by atoms with Crippen LogP contribution in [0.4, 0.5) is 5.82 Å². The SMILES string of the molecule is CC(C)Oc1ccc(CNCc2cccnc2N2CCN(C)CC2)cc1.Cl. The molecular weight excluding hydrogens is 360 g/mol. The van der Waals surface area contributed by atoms with Crippen molar-refractivity contribution in [3.05, 3.63) is 53.7 Å². The molecule has 0 unspecified atom stereocenters. The normalized spacial score (nSPS) is 14.9. The lowest BCUT2D eigenvalue weighted by Crippen LogP contribution is -2.45. The van der Waals surface area contributed by atoms with Gasteiger partial charge in [0.1, 0.15) is 11.6 Å². The van der Waals surface area contributed by atoms with Gasteiger partial charge in [0, 0.05) is 51.0 Å². The topological polar surface area (TPSA) is 40.6 Å². The third kappa shape index (κ3) is 6.38. The smallest absolute Gasteiger partial charge is 0.133 e. The van der Waals surface area contributed by atoms with E-state index in [1.807, 2.05) is 38.2 Å². The average Bonchev–Trinajstić information content (AvgIpc) is 2.64. The van der Waals surface area contributed by atoms with E-state index in [4.69, 9.17) is 4.74 Å². The number of anilines is 1. The zero-order valence-corrected chi connectivity index (χ0v) is 17.3. The highest BCUT2D eigenvalue weighted by Gasteiger charge is 2.17. The van der Waals surface area contributed by atoms with Crippen molar-refractivity contribution in [1.29, 1.82) is 0 Å². The van der Waals surface area contributed by atoms with Crippen LogP contribution in [0.5, 0.6) is 5.75 Å². The number of rotatable bonds is 7. The Kier molecular flexibility index (Phi) is 8.35. The van der Waals surface area contributed by atoms with E-state index in [-0.39, 0.29) is 18.5 Å². The Bertz CT molecular complexity index is 685. The Hall–Kier alpha value is -1.82. The first-order chi connectivity index (χ1) is 12.6. The molecule has 0 radical (unpaired) electrons. The van der Waals surface area contributed by atoms with Gasteiger partial charge in [-0.1, -0.05) is 18.2 Å². The molecule has 1 aromatic carbocycles. The Labute approximate surface area is 169 Å². The lowest BCUT2D eigenvalue weighted by Gasteiger charge is -2.34. The van der Waals surface area contributed by atoms with Gasteiger partial charge in [-0.3, -0.25) is 0 Å². The van der Waals surface area contributed by atoms with E-state index in [0.29, 0.717) is 0 Å². The molecule has 1 fully saturated rings. The van der Waals surface area contributed by atoms with Gasteiger partial charge in [0.05, 0.1) is 6.10 Å². The van der Waals surface area contributed by atoms with Crippen LogP contribution in [-0.4, -0.2) is 49.2 Å². The molecular formula is C21H31ClN4O. The summed E-state index contributed by atoms with van der Waals surface area (Å²) in [6.07, 6.45) is 2.10. The van der Waals surface area contributed by atoms with E-state index in [2.05, 4.69) is 45.3 Å². The zero-order chi connectivity index (χ0) is 18.4. The summed E-state index contributed by atoms with van der Waals surface area (Å²) in [6, 6.07) is 12.5. The van der Waals surface area contributed by atoms with Crippen LogP contribution in [0.25, 0.3) is 0 Å². The molecule has 1 N–H and O–H groups in total. The van der Waals surface area contributed by atoms with Gasteiger partial charge < -0.3 is 19.9 Å². The van der Waals surface area contributed by atoms with E-state index < -0.39 is 0 Å². The molecule has 0 saturated carbocycles. The highest BCUT2D eigenvalue weighted by atomic mass is 35.5. The monoisotopic (exact) mass is 390 g/mol. The Balaban J connectivity index is 0.00000261. The first-order valence-corrected chi connectivity index (χ1v) is 9.45. The van der Waals surface area contributed by atoms with E-state index in [1.165, 1.54) is 11.1 Å². The van der Waals surface area contributed by atoms with Crippen LogP contribution in [0, 0.1) is 0 Å². The number of piperazine rings is 1. The van der Waals surface area contributed by atoms with Crippen LogP contribution in [0.1, 0.15) is 25.0 Å². The molecule has 1 aromatic heterocycles. The molecule has 2 heterocycles. The largest absolute Gasteiger partial charge is 0.491 e. The number of nitrogens with zero attached hydrogens (tertiary/aromatic N) is 3. The number of ether oxygens (including phenoxy) is 1. The first kappa shape index (κ1) is 21.5. The second kappa shape index (κ2) is 10.5. The number of pyridine rings is 1. The summed E-state index contributed by atoms with van der Waals surface area (Å²) in [6.45, 7) is 10.00. The fraction of sp³-hybridized carbons (Fsp3) is 0.476. The van der Waals surface area contributed by atoms with Crippen LogP contribution in [0.3, 0.4) is 0 Å². The van der Waals surface area contributed by atoms with Gasteiger partial charge in [-0.25, -0.2) is 4.98 Å². The fourth-order valence-corrected chi connectivity index (χ4v) is 3.17. The molecule has 1 aliphatic rings. The van der Waals surface area contributed by atoms with Crippen LogP contribution < -0.4 is 15.0 Å². The molecule has 0 aliphatic carbocycles. The van der Waals surface area contributed by atoms with Crippen LogP contribution in [0.15, 0.2) is 42.6 Å². The summed E-state index contributed by atoms with van der Waals surface area (Å²) in [5.41, 5.74) is 2.52. The summed E-state index contributed by atoms with van der Waals surface area (Å²) >= 11 is 0. The predicted octanol–water partition coefficient (Wildman–Crippen LogP) is 3.33. The number of halogens is 1. The van der Waals surface area contributed by atoms with E-state index in [0.717, 1.165) is 50.8 Å². The van der Waals surface area contributed by atoms with Gasteiger partial charge in [-0.05, 0) is 44.7 Å². The Morgan fingerprint density at radius 1 is 1.04 bits per heavy atom. The lowest BCUT2D eigenvalue weighted by atomic mass is 10.2. The number of aromatic nitrogens is 1. The minimum Gasteiger partial charge on any atom is -0.491 e. The minimum atomic E-state index is 0. The maximum Gasteiger partial charge on any atom is 0.133 e. The fourth-order valence-electron chi connectivity index (χ4n) is 3.17. The van der Waals surface area contributed by atoms with Gasteiger partial charge in [0.2, 0.25) is 0 Å². The molecule has 27 heavy (non-hydrogen) atoms. The number of nitrogens with one attached hydrogen (secondary N) is 1. The van der Waals surface area contributed by atoms with Crippen molar-refractivity contribution in [3.63, 3.8) is 0 Å². The standard InChI is InChI=1S/C21H30N4O.ClH/c1-17(2)26-20-8-6-18(7-9-20)15-22-16-19-5-4-10-23-21(19)25-13-11-24(3)12-14-25;/h4-10,17,22H,11-16H2,1-3H3;1H. The molecule has 5 nitrogen and oxygen atoms in total. The third-order valence-electron chi connectivity index (χ3n) is 4.61. The quantitative estimate of drug-likeness (QED) is 0.785. The van der Waals surface area contributed by atoms with E-state index in [9.17, 15) is 0 Å². The van der Waals surface area contributed by atoms with Crippen LogP contribution in [-0.2, 0) is 13.1 Å². The average molecular weight is 391 g/mol. The summed E-state index contributed by atoms with van der Waals surface area (Å²) in [4.78, 5) is 9.41. The van der Waals surface area contributed by atoms with Gasteiger partial charge in [-0.15, -0.1) is 12.4 Å². The number of likely N-dealkylation sites (N-methyl/N-ethyl adjacent to an activating group) is 1. The van der Waals surface area contributed by atoms with Crippen LogP contribution >= 0.6 is 12.4 Å². The molecule has 1 aliphatic heterocycles. The van der Waals surface area contributed by atoms with Crippen molar-refractivity contribution in [3.8, 4) is 5.75 Å². The van der Waals surface area contributed by atoms with Crippen molar-refractivity contribution in [2.24, 2.45) is 0 Å². The molecule has 3 rings (SSSR count). The van der Waals surface area contributed by atoms with Crippen molar-refractivity contribution < 1.29 is 4.74 Å². The molecule has 0 spiro atoms. The van der Waals surface area contributed by atoms with E-state index >= 15 is 0 Å². The highest BCUT2D eigenvalue weighted by molar-refractivity contribution is 5.85. The molecule has 0 atom stereocenters. The summed E-state index contributed by atoms with van der Waals surface area (Å²) in [7, 11) is 2.18. The minimum absolute atomic E-state index is 0. The molecule has 2 aromatic rings. The third-order valence-corrected chi connectivity index (χ3v) is 4.61. The van der Waals surface area contributed by atoms with E-state index in [1.54, 1.807) is 0 Å². The molecule has 0 bridgehead atoms. The zero-order valence-electron chi connectivity index (χ0n) is 16.5. The lowest BCUT2D eigenvalue weighted by molar-refractivity contribution is 0.242. The maximum atomic E-state index is 5.70.